The van der Waals surface area contributed by atoms with Crippen molar-refractivity contribution in [2.24, 2.45) is 5.73 Å². The number of nitrogens with two attached hydrogens (primary N) is 1. The van der Waals surface area contributed by atoms with Crippen molar-refractivity contribution in [1.29, 1.82) is 0 Å². The molecule has 0 spiro atoms. The normalized spacial score (nSPS) is 11.7. The number of nitrogens with one attached hydrogen (secondary N) is 1. The Bertz CT molecular complexity index is 564. The Balaban J connectivity index is 3.06. The molecule has 0 aliphatic carbocycles. The van der Waals surface area contributed by atoms with E-state index in [-0.39, 0.29) is 23.7 Å². The van der Waals surface area contributed by atoms with Crippen LogP contribution < -0.4 is 10.5 Å². The predicted molar refractivity (Wildman–Crippen MR) is 68.2 cm³/mol. The average Bonchev–Trinajstić information content (AvgIpc) is 2.53. The number of aromatic nitrogens is 2. The van der Waals surface area contributed by atoms with Gasteiger partial charge >= 0.3 is 5.97 Å². The van der Waals surface area contributed by atoms with Crippen molar-refractivity contribution in [3.63, 3.8) is 0 Å². The van der Waals surface area contributed by atoms with Gasteiger partial charge in [-0.25, -0.2) is 13.1 Å². The molecule has 19 heavy (non-hydrogen) atoms. The molecule has 8 nitrogen and oxygen atoms in total. The molecule has 0 aliphatic heterocycles. The zero-order valence-electron chi connectivity index (χ0n) is 10.9. The van der Waals surface area contributed by atoms with E-state index < -0.39 is 16.0 Å². The van der Waals surface area contributed by atoms with E-state index in [1.807, 2.05) is 0 Å². The van der Waals surface area contributed by atoms with E-state index in [2.05, 4.69) is 9.82 Å². The summed E-state index contributed by atoms with van der Waals surface area (Å²) in [4.78, 5) is 10.7. The number of aryl methyl sites for hydroxylation is 1. The quantitative estimate of drug-likeness (QED) is 0.565. The molecule has 0 aromatic carbocycles. The number of sulfonamides is 1. The van der Waals surface area contributed by atoms with E-state index in [1.165, 1.54) is 13.8 Å². The number of carboxylic acids is 1. The third-order valence-corrected chi connectivity index (χ3v) is 4.25. The summed E-state index contributed by atoms with van der Waals surface area (Å²) in [5.74, 6) is -1.08. The molecule has 4 N–H and O–H groups in total. The molecular formula is C10H18N4O4S. The largest absolute Gasteiger partial charge is 0.480 e. The molecule has 9 heteroatoms. The van der Waals surface area contributed by atoms with Gasteiger partial charge in [-0.05, 0) is 26.8 Å². The van der Waals surface area contributed by atoms with Crippen LogP contribution in [0.15, 0.2) is 4.90 Å². The van der Waals surface area contributed by atoms with Gasteiger partial charge in [0.15, 0.2) is 0 Å². The van der Waals surface area contributed by atoms with Gasteiger partial charge < -0.3 is 10.8 Å². The van der Waals surface area contributed by atoms with Crippen LogP contribution in [0.2, 0.25) is 0 Å². The van der Waals surface area contributed by atoms with E-state index in [4.69, 9.17) is 10.8 Å². The maximum Gasteiger partial charge on any atom is 0.325 e. The number of nitrogens with zero attached hydrogens (tertiary/aromatic N) is 2. The van der Waals surface area contributed by atoms with Crippen LogP contribution in [0, 0.1) is 13.8 Å². The van der Waals surface area contributed by atoms with E-state index in [0.29, 0.717) is 18.7 Å². The van der Waals surface area contributed by atoms with Gasteiger partial charge in [0.05, 0.1) is 11.4 Å². The summed E-state index contributed by atoms with van der Waals surface area (Å²) in [7, 11) is -3.69. The molecule has 0 atom stereocenters. The highest BCUT2D eigenvalue weighted by Crippen LogP contribution is 2.19. The van der Waals surface area contributed by atoms with Crippen molar-refractivity contribution in [3.05, 3.63) is 11.4 Å². The molecule has 1 heterocycles. The number of carbonyl (C=O) groups is 1. The van der Waals surface area contributed by atoms with Crippen LogP contribution in [0.5, 0.6) is 0 Å². The van der Waals surface area contributed by atoms with Gasteiger partial charge in [-0.1, -0.05) is 0 Å². The second kappa shape index (κ2) is 6.13. The summed E-state index contributed by atoms with van der Waals surface area (Å²) in [6.07, 6.45) is 0.528. The van der Waals surface area contributed by atoms with Crippen LogP contribution in [-0.4, -0.2) is 42.4 Å². The zero-order valence-corrected chi connectivity index (χ0v) is 11.7. The average molecular weight is 290 g/mol. The van der Waals surface area contributed by atoms with Crippen LogP contribution in [-0.2, 0) is 21.4 Å². The third kappa shape index (κ3) is 3.75. The predicted octanol–water partition coefficient (Wildman–Crippen LogP) is -0.788. The standard InChI is InChI=1S/C10H18N4O4S/c1-7-10(19(17,18)12-5-3-4-11)8(2)14(13-7)6-9(15)16/h12H,3-6,11H2,1-2H3,(H,15,16). The first-order valence-electron chi connectivity index (χ1n) is 5.75. The second-order valence-corrected chi connectivity index (χ2v) is 5.80. The van der Waals surface area contributed by atoms with Crippen LogP contribution in [0.4, 0.5) is 0 Å². The fraction of sp³-hybridized carbons (Fsp3) is 0.600. The van der Waals surface area contributed by atoms with Crippen LogP contribution in [0.3, 0.4) is 0 Å². The Labute approximate surface area is 111 Å². The summed E-state index contributed by atoms with van der Waals surface area (Å²) >= 11 is 0. The van der Waals surface area contributed by atoms with Gasteiger partial charge in [0.2, 0.25) is 10.0 Å². The van der Waals surface area contributed by atoms with Crippen molar-refractivity contribution in [2.75, 3.05) is 13.1 Å². The van der Waals surface area contributed by atoms with Crippen molar-refractivity contribution >= 4 is 16.0 Å². The lowest BCUT2D eigenvalue weighted by Crippen LogP contribution is -2.27. The van der Waals surface area contributed by atoms with Gasteiger partial charge in [0.1, 0.15) is 11.4 Å². The van der Waals surface area contributed by atoms with Crippen molar-refractivity contribution in [1.82, 2.24) is 14.5 Å². The number of carboxylic acid groups (broad SMARTS) is 1. The highest BCUT2D eigenvalue weighted by atomic mass is 32.2. The molecule has 0 bridgehead atoms. The monoisotopic (exact) mass is 290 g/mol. The molecule has 0 saturated heterocycles. The molecule has 0 unspecified atom stereocenters. The molecule has 1 rings (SSSR count). The number of aliphatic carboxylic acids is 1. The minimum Gasteiger partial charge on any atom is -0.480 e. The van der Waals surface area contributed by atoms with Crippen molar-refractivity contribution in [2.45, 2.75) is 31.7 Å². The maximum atomic E-state index is 12.1. The number of hydrogen-bond donors (Lipinski definition) is 3. The van der Waals surface area contributed by atoms with Gasteiger partial charge in [0, 0.05) is 6.54 Å². The van der Waals surface area contributed by atoms with Crippen LogP contribution in [0.25, 0.3) is 0 Å². The van der Waals surface area contributed by atoms with E-state index in [9.17, 15) is 13.2 Å². The van der Waals surface area contributed by atoms with Gasteiger partial charge in [0.25, 0.3) is 0 Å². The smallest absolute Gasteiger partial charge is 0.325 e. The minimum absolute atomic E-state index is 0.0331. The lowest BCUT2D eigenvalue weighted by molar-refractivity contribution is -0.137. The summed E-state index contributed by atoms with van der Waals surface area (Å²) in [5, 5.41) is 12.7. The molecule has 1 aromatic rings. The summed E-state index contributed by atoms with van der Waals surface area (Å²) in [6.45, 7) is 3.31. The first-order valence-corrected chi connectivity index (χ1v) is 7.23. The van der Waals surface area contributed by atoms with Crippen molar-refractivity contribution in [3.8, 4) is 0 Å². The molecule has 0 radical (unpaired) electrons. The Morgan fingerprint density at radius 3 is 2.63 bits per heavy atom. The lowest BCUT2D eigenvalue weighted by atomic mass is 10.4. The van der Waals surface area contributed by atoms with E-state index in [1.54, 1.807) is 0 Å². The number of hydrogen-bond acceptors (Lipinski definition) is 5. The van der Waals surface area contributed by atoms with Gasteiger partial charge in [-0.15, -0.1) is 0 Å². The molecule has 0 aliphatic rings. The maximum absolute atomic E-state index is 12.1. The molecule has 0 amide bonds. The fourth-order valence-electron chi connectivity index (χ4n) is 1.73. The fourth-order valence-corrected chi connectivity index (χ4v) is 3.21. The van der Waals surface area contributed by atoms with E-state index in [0.717, 1.165) is 4.68 Å². The summed E-state index contributed by atoms with van der Waals surface area (Å²) < 4.78 is 27.8. The Morgan fingerprint density at radius 2 is 2.11 bits per heavy atom. The first-order chi connectivity index (χ1) is 8.79. The third-order valence-electron chi connectivity index (χ3n) is 2.54. The lowest BCUT2D eigenvalue weighted by Gasteiger charge is -2.06. The van der Waals surface area contributed by atoms with Crippen molar-refractivity contribution < 1.29 is 18.3 Å². The molecule has 1 aromatic heterocycles. The molecular weight excluding hydrogens is 272 g/mol. The number of rotatable bonds is 7. The Morgan fingerprint density at radius 1 is 1.47 bits per heavy atom. The van der Waals surface area contributed by atoms with E-state index >= 15 is 0 Å². The summed E-state index contributed by atoms with van der Waals surface area (Å²) in [6, 6.07) is 0. The zero-order chi connectivity index (χ0) is 14.6. The van der Waals surface area contributed by atoms with Crippen LogP contribution >= 0.6 is 0 Å². The van der Waals surface area contributed by atoms with Gasteiger partial charge in [-0.3, -0.25) is 9.48 Å². The topological polar surface area (TPSA) is 127 Å². The molecule has 0 saturated carbocycles. The SMILES string of the molecule is Cc1nn(CC(=O)O)c(C)c1S(=O)(=O)NCCCN. The molecule has 108 valence electrons. The Kier molecular flexibility index (Phi) is 5.04. The minimum atomic E-state index is -3.69. The molecule has 0 fully saturated rings. The Hall–Kier alpha value is -1.45. The van der Waals surface area contributed by atoms with Crippen LogP contribution in [0.1, 0.15) is 17.8 Å². The summed E-state index contributed by atoms with van der Waals surface area (Å²) in [5.41, 5.74) is 5.88. The van der Waals surface area contributed by atoms with Gasteiger partial charge in [-0.2, -0.15) is 5.10 Å². The first kappa shape index (κ1) is 15.6. The second-order valence-electron chi connectivity index (χ2n) is 4.09. The highest BCUT2D eigenvalue weighted by Gasteiger charge is 2.24. The highest BCUT2D eigenvalue weighted by molar-refractivity contribution is 7.89.